The molecule has 2 heterocycles. The van der Waals surface area contributed by atoms with Crippen molar-refractivity contribution in [3.8, 4) is 0 Å². The number of aromatic nitrogens is 2. The molecule has 0 saturated heterocycles. The molecule has 0 spiro atoms. The zero-order valence-electron chi connectivity index (χ0n) is 17.9. The van der Waals surface area contributed by atoms with Gasteiger partial charge in [-0.2, -0.15) is 0 Å². The summed E-state index contributed by atoms with van der Waals surface area (Å²) in [5.41, 5.74) is 0. The van der Waals surface area contributed by atoms with Crippen molar-refractivity contribution in [3.05, 3.63) is 85.5 Å². The third kappa shape index (κ3) is 6.56. The average molecular weight is 419 g/mol. The molecule has 0 aliphatic carbocycles. The van der Waals surface area contributed by atoms with E-state index in [1.165, 1.54) is 21.5 Å². The summed E-state index contributed by atoms with van der Waals surface area (Å²) in [4.78, 5) is 0. The summed E-state index contributed by atoms with van der Waals surface area (Å²) in [5.74, 6) is 0. The van der Waals surface area contributed by atoms with Gasteiger partial charge in [0.25, 0.3) is 0 Å². The van der Waals surface area contributed by atoms with E-state index in [1.807, 2.05) is 0 Å². The van der Waals surface area contributed by atoms with Crippen molar-refractivity contribution in [1.82, 2.24) is 0 Å². The van der Waals surface area contributed by atoms with Gasteiger partial charge in [-0.3, -0.25) is 0 Å². The van der Waals surface area contributed by atoms with E-state index in [-0.39, 0.29) is 0 Å². The first-order chi connectivity index (χ1) is 15.4. The molecule has 0 bridgehead atoms. The van der Waals surface area contributed by atoms with Crippen molar-refractivity contribution in [2.75, 3.05) is 39.6 Å². The Morgan fingerprint density at radius 3 is 1.29 bits per heavy atom. The Labute approximate surface area is 183 Å². The average Bonchev–Trinajstić information content (AvgIpc) is 2.82. The zero-order valence-corrected chi connectivity index (χ0v) is 17.9. The minimum Gasteiger partial charge on any atom is -0.377 e. The highest BCUT2D eigenvalue weighted by Crippen LogP contribution is 2.10. The van der Waals surface area contributed by atoms with Gasteiger partial charge in [0.15, 0.2) is 37.9 Å². The lowest BCUT2D eigenvalue weighted by Gasteiger charge is -2.06. The van der Waals surface area contributed by atoms with E-state index in [0.717, 1.165) is 13.1 Å². The summed E-state index contributed by atoms with van der Waals surface area (Å²) in [6, 6.07) is 21.0. The number of nitrogens with zero attached hydrogens (tertiary/aromatic N) is 2. The number of ether oxygens (including phenoxy) is 3. The predicted molar refractivity (Wildman–Crippen MR) is 121 cm³/mol. The largest absolute Gasteiger partial charge is 0.377 e. The van der Waals surface area contributed by atoms with Gasteiger partial charge in [-0.15, -0.1) is 0 Å². The molecule has 5 nitrogen and oxygen atoms in total. The van der Waals surface area contributed by atoms with Crippen LogP contribution in [0.1, 0.15) is 0 Å². The van der Waals surface area contributed by atoms with Crippen LogP contribution < -0.4 is 9.13 Å². The lowest BCUT2D eigenvalue weighted by Crippen LogP contribution is -2.35. The van der Waals surface area contributed by atoms with Gasteiger partial charge < -0.3 is 14.2 Å². The van der Waals surface area contributed by atoms with E-state index in [4.69, 9.17) is 14.2 Å². The van der Waals surface area contributed by atoms with Crippen LogP contribution in [-0.4, -0.2) is 39.6 Å². The molecule has 0 unspecified atom stereocenters. The second kappa shape index (κ2) is 11.5. The third-order valence-corrected chi connectivity index (χ3v) is 5.22. The molecule has 0 saturated carbocycles. The Balaban J connectivity index is 1.02. The Morgan fingerprint density at radius 2 is 0.839 bits per heavy atom. The normalized spacial score (nSPS) is 11.4. The van der Waals surface area contributed by atoms with Crippen LogP contribution in [0.3, 0.4) is 0 Å². The fourth-order valence-corrected chi connectivity index (χ4v) is 3.52. The SMILES string of the molecule is c1ccc2c[n+](CCOCCOCCOCC[n+]3ccc4ccccc4c3)ccc2c1. The van der Waals surface area contributed by atoms with Crippen LogP contribution in [0.15, 0.2) is 85.5 Å². The van der Waals surface area contributed by atoms with Crippen LogP contribution in [-0.2, 0) is 27.3 Å². The number of rotatable bonds is 12. The molecule has 0 aliphatic heterocycles. The molecule has 0 atom stereocenters. The number of fused-ring (bicyclic) bond motifs is 2. The molecule has 2 aromatic carbocycles. The third-order valence-electron chi connectivity index (χ3n) is 5.22. The summed E-state index contributed by atoms with van der Waals surface area (Å²) in [7, 11) is 0. The summed E-state index contributed by atoms with van der Waals surface area (Å²) in [6.45, 7) is 5.39. The molecule has 160 valence electrons. The lowest BCUT2D eigenvalue weighted by atomic mass is 10.2. The van der Waals surface area contributed by atoms with Crippen molar-refractivity contribution in [3.63, 3.8) is 0 Å². The summed E-state index contributed by atoms with van der Waals surface area (Å²) in [6.07, 6.45) is 8.50. The Kier molecular flexibility index (Phi) is 7.94. The molecule has 0 N–H and O–H groups in total. The molecule has 0 amide bonds. The molecule has 2 aromatic heterocycles. The minimum absolute atomic E-state index is 0.588. The number of benzene rings is 2. The van der Waals surface area contributed by atoms with E-state index in [0.29, 0.717) is 39.6 Å². The summed E-state index contributed by atoms with van der Waals surface area (Å²) in [5, 5.41) is 5.00. The van der Waals surface area contributed by atoms with Crippen LogP contribution in [0, 0.1) is 0 Å². The van der Waals surface area contributed by atoms with Crippen molar-refractivity contribution in [1.29, 1.82) is 0 Å². The van der Waals surface area contributed by atoms with Crippen LogP contribution in [0.4, 0.5) is 0 Å². The van der Waals surface area contributed by atoms with Crippen molar-refractivity contribution >= 4 is 21.5 Å². The van der Waals surface area contributed by atoms with Crippen LogP contribution >= 0.6 is 0 Å². The topological polar surface area (TPSA) is 35.5 Å². The number of hydrogen-bond donors (Lipinski definition) is 0. The minimum atomic E-state index is 0.588. The number of hydrogen-bond acceptors (Lipinski definition) is 3. The molecular formula is C26H30N2O3+2. The molecular weight excluding hydrogens is 388 g/mol. The maximum Gasteiger partial charge on any atom is 0.176 e. The smallest absolute Gasteiger partial charge is 0.176 e. The molecule has 0 aliphatic rings. The lowest BCUT2D eigenvalue weighted by molar-refractivity contribution is -0.697. The highest BCUT2D eigenvalue weighted by molar-refractivity contribution is 5.80. The highest BCUT2D eigenvalue weighted by atomic mass is 16.5. The van der Waals surface area contributed by atoms with Crippen LogP contribution in [0.5, 0.6) is 0 Å². The predicted octanol–water partition coefficient (Wildman–Crippen LogP) is 3.32. The second-order valence-corrected chi connectivity index (χ2v) is 7.46. The first-order valence-corrected chi connectivity index (χ1v) is 10.9. The Hall–Kier alpha value is -2.86. The highest BCUT2D eigenvalue weighted by Gasteiger charge is 2.04. The first-order valence-electron chi connectivity index (χ1n) is 10.9. The molecule has 4 aromatic rings. The van der Waals surface area contributed by atoms with Gasteiger partial charge in [0, 0.05) is 22.9 Å². The van der Waals surface area contributed by atoms with Gasteiger partial charge in [0.1, 0.15) is 13.2 Å². The fourth-order valence-electron chi connectivity index (χ4n) is 3.52. The maximum atomic E-state index is 5.68. The summed E-state index contributed by atoms with van der Waals surface area (Å²) < 4.78 is 21.3. The van der Waals surface area contributed by atoms with Gasteiger partial charge in [-0.05, 0) is 22.9 Å². The van der Waals surface area contributed by atoms with Gasteiger partial charge in [0.2, 0.25) is 0 Å². The summed E-state index contributed by atoms with van der Waals surface area (Å²) >= 11 is 0. The molecule has 5 heteroatoms. The quantitative estimate of drug-likeness (QED) is 0.262. The van der Waals surface area contributed by atoms with Crippen molar-refractivity contribution in [2.45, 2.75) is 13.1 Å². The van der Waals surface area contributed by atoms with Gasteiger partial charge >= 0.3 is 0 Å². The second-order valence-electron chi connectivity index (χ2n) is 7.46. The van der Waals surface area contributed by atoms with Gasteiger partial charge in [-0.25, -0.2) is 9.13 Å². The van der Waals surface area contributed by atoms with Crippen LogP contribution in [0.25, 0.3) is 21.5 Å². The van der Waals surface area contributed by atoms with Gasteiger partial charge in [-0.1, -0.05) is 36.4 Å². The van der Waals surface area contributed by atoms with E-state index < -0.39 is 0 Å². The van der Waals surface area contributed by atoms with Crippen molar-refractivity contribution < 1.29 is 23.3 Å². The molecule has 4 rings (SSSR count). The first kappa shape index (κ1) is 21.4. The molecule has 31 heavy (non-hydrogen) atoms. The molecule has 0 radical (unpaired) electrons. The standard InChI is InChI=1S/C26H30N2O3/c1-3-7-25-21-27(11-9-23(25)5-1)13-15-29-17-19-31-20-18-30-16-14-28-12-10-24-6-2-4-8-26(24)22-28/h1-12,21-22H,13-20H2/q+2. The number of pyridine rings is 2. The van der Waals surface area contributed by atoms with Crippen molar-refractivity contribution in [2.24, 2.45) is 0 Å². The van der Waals surface area contributed by atoms with Crippen LogP contribution in [0.2, 0.25) is 0 Å². The maximum absolute atomic E-state index is 5.68. The zero-order chi connectivity index (χ0) is 21.1. The monoisotopic (exact) mass is 418 g/mol. The van der Waals surface area contributed by atoms with Gasteiger partial charge in [0.05, 0.1) is 26.4 Å². The van der Waals surface area contributed by atoms with E-state index in [9.17, 15) is 0 Å². The Bertz CT molecular complexity index is 1010. The van der Waals surface area contributed by atoms with E-state index >= 15 is 0 Å². The Morgan fingerprint density at radius 1 is 0.452 bits per heavy atom. The molecule has 0 fully saturated rings. The van der Waals surface area contributed by atoms with E-state index in [1.54, 1.807) is 0 Å². The van der Waals surface area contributed by atoms with E-state index in [2.05, 4.69) is 94.6 Å². The fraction of sp³-hybridized carbons (Fsp3) is 0.308.